The van der Waals surface area contributed by atoms with Crippen LogP contribution in [-0.4, -0.2) is 64.4 Å². The lowest BCUT2D eigenvalue weighted by Crippen LogP contribution is -2.68. The minimum absolute atomic E-state index is 0.0762. The van der Waals surface area contributed by atoms with Crippen LogP contribution in [0.5, 0.6) is 0 Å². The van der Waals surface area contributed by atoms with E-state index in [0.29, 0.717) is 24.4 Å². The molecule has 0 N–H and O–H groups in total. The van der Waals surface area contributed by atoms with E-state index < -0.39 is 0 Å². The summed E-state index contributed by atoms with van der Waals surface area (Å²) in [4.78, 5) is 29.8. The van der Waals surface area contributed by atoms with Gasteiger partial charge < -0.3 is 14.5 Å². The molecule has 2 aliphatic heterocycles. The van der Waals surface area contributed by atoms with Gasteiger partial charge in [-0.25, -0.2) is 0 Å². The lowest BCUT2D eigenvalue weighted by molar-refractivity contribution is -0.160. The number of nitrogens with zero attached hydrogens (tertiary/aromatic N) is 2. The van der Waals surface area contributed by atoms with Gasteiger partial charge in [0.1, 0.15) is 6.10 Å². The molecule has 0 spiro atoms. The summed E-state index contributed by atoms with van der Waals surface area (Å²) in [6.07, 6.45) is 9.38. The number of carbonyl (C=O) groups is 2. The van der Waals surface area contributed by atoms with Gasteiger partial charge in [-0.2, -0.15) is 0 Å². The lowest BCUT2D eigenvalue weighted by Gasteiger charge is -2.55. The van der Waals surface area contributed by atoms with Crippen LogP contribution in [0.1, 0.15) is 71.6 Å². The van der Waals surface area contributed by atoms with Crippen molar-refractivity contribution in [1.82, 2.24) is 9.80 Å². The predicted octanol–water partition coefficient (Wildman–Crippen LogP) is 3.58. The third-order valence-corrected chi connectivity index (χ3v) is 8.17. The number of ether oxygens (including phenoxy) is 1. The van der Waals surface area contributed by atoms with Gasteiger partial charge in [0.25, 0.3) is 5.91 Å². The maximum atomic E-state index is 13.3. The first kappa shape index (κ1) is 20.5. The molecule has 2 heterocycles. The zero-order valence-electron chi connectivity index (χ0n) is 17.3. The molecule has 0 radical (unpaired) electrons. The molecule has 2 saturated carbocycles. The highest BCUT2D eigenvalue weighted by Gasteiger charge is 2.48. The van der Waals surface area contributed by atoms with Crippen LogP contribution in [0.25, 0.3) is 0 Å². The Morgan fingerprint density at radius 2 is 1.68 bits per heavy atom. The molecule has 2 aliphatic carbocycles. The molecule has 158 valence electrons. The SMILES string of the molecule is CC(=O)N1C2CCC(C3CCC(Cl)CC3)CC2N(C(=O)C2CCCO2)C[C@@H]1C. The van der Waals surface area contributed by atoms with Gasteiger partial charge in [-0.15, -0.1) is 11.6 Å². The Morgan fingerprint density at radius 1 is 0.964 bits per heavy atom. The smallest absolute Gasteiger partial charge is 0.252 e. The first-order valence-electron chi connectivity index (χ1n) is 11.3. The molecule has 0 aromatic carbocycles. The predicted molar refractivity (Wildman–Crippen MR) is 109 cm³/mol. The van der Waals surface area contributed by atoms with E-state index in [-0.39, 0.29) is 36.0 Å². The number of amides is 2. The molecule has 28 heavy (non-hydrogen) atoms. The van der Waals surface area contributed by atoms with Gasteiger partial charge >= 0.3 is 0 Å². The maximum Gasteiger partial charge on any atom is 0.252 e. The fourth-order valence-corrected chi connectivity index (χ4v) is 6.64. The summed E-state index contributed by atoms with van der Waals surface area (Å²) in [6, 6.07) is 0.379. The molecule has 0 bridgehead atoms. The Labute approximate surface area is 174 Å². The Hall–Kier alpha value is -0.810. The summed E-state index contributed by atoms with van der Waals surface area (Å²) < 4.78 is 5.73. The van der Waals surface area contributed by atoms with Crippen molar-refractivity contribution in [2.75, 3.05) is 13.2 Å². The van der Waals surface area contributed by atoms with Gasteiger partial charge in [0.05, 0.1) is 12.1 Å². The Kier molecular flexibility index (Phi) is 6.22. The molecule has 4 unspecified atom stereocenters. The second-order valence-corrected chi connectivity index (χ2v) is 10.1. The second kappa shape index (κ2) is 8.51. The summed E-state index contributed by atoms with van der Waals surface area (Å²) in [6.45, 7) is 5.10. The molecule has 4 fully saturated rings. The molecule has 4 aliphatic rings. The van der Waals surface area contributed by atoms with Crippen LogP contribution in [0, 0.1) is 11.8 Å². The molecular formula is C22H35ClN2O3. The third kappa shape index (κ3) is 3.94. The van der Waals surface area contributed by atoms with E-state index in [2.05, 4.69) is 16.7 Å². The number of fused-ring (bicyclic) bond motifs is 1. The number of rotatable bonds is 2. The third-order valence-electron chi connectivity index (χ3n) is 7.73. The maximum absolute atomic E-state index is 13.3. The van der Waals surface area contributed by atoms with Crippen molar-refractivity contribution in [1.29, 1.82) is 0 Å². The topological polar surface area (TPSA) is 49.9 Å². The highest BCUT2D eigenvalue weighted by Crippen LogP contribution is 2.43. The van der Waals surface area contributed by atoms with Crippen LogP contribution < -0.4 is 0 Å². The zero-order chi connectivity index (χ0) is 19.8. The van der Waals surface area contributed by atoms with Crippen molar-refractivity contribution in [3.05, 3.63) is 0 Å². The van der Waals surface area contributed by atoms with E-state index >= 15 is 0 Å². The molecule has 5 nitrogen and oxygen atoms in total. The minimum Gasteiger partial charge on any atom is -0.368 e. The van der Waals surface area contributed by atoms with Crippen molar-refractivity contribution in [2.45, 2.75) is 101 Å². The quantitative estimate of drug-likeness (QED) is 0.654. The largest absolute Gasteiger partial charge is 0.368 e. The van der Waals surface area contributed by atoms with Crippen LogP contribution >= 0.6 is 11.6 Å². The van der Waals surface area contributed by atoms with Crippen LogP contribution in [0.3, 0.4) is 0 Å². The summed E-state index contributed by atoms with van der Waals surface area (Å²) in [7, 11) is 0. The first-order chi connectivity index (χ1) is 13.5. The normalized spacial score (nSPS) is 41.6. The lowest BCUT2D eigenvalue weighted by atomic mass is 9.69. The van der Waals surface area contributed by atoms with E-state index in [1.54, 1.807) is 6.92 Å². The van der Waals surface area contributed by atoms with E-state index in [1.165, 1.54) is 12.8 Å². The average molecular weight is 411 g/mol. The van der Waals surface area contributed by atoms with Gasteiger partial charge in [-0.3, -0.25) is 9.59 Å². The van der Waals surface area contributed by atoms with Gasteiger partial charge in [0.15, 0.2) is 0 Å². The molecular weight excluding hydrogens is 376 g/mol. The highest BCUT2D eigenvalue weighted by atomic mass is 35.5. The number of halogens is 1. The highest BCUT2D eigenvalue weighted by molar-refractivity contribution is 6.20. The Morgan fingerprint density at radius 3 is 2.32 bits per heavy atom. The standard InChI is InChI=1S/C22H35ClN2O3/c1-14-13-24(22(27)21-4-3-11-28-21)20-12-17(16-5-8-18(23)9-6-16)7-10-19(20)25(14)15(2)26/h14,16-21H,3-13H2,1-2H3/t14-,16?,17?,18?,19?,20?,21?/m0/s1. The Bertz CT molecular complexity index is 586. The van der Waals surface area contributed by atoms with Crippen molar-refractivity contribution < 1.29 is 14.3 Å². The fourth-order valence-electron chi connectivity index (χ4n) is 6.39. The van der Waals surface area contributed by atoms with Gasteiger partial charge in [-0.1, -0.05) is 0 Å². The van der Waals surface area contributed by atoms with Crippen LogP contribution in [0.2, 0.25) is 0 Å². The van der Waals surface area contributed by atoms with Gasteiger partial charge in [0, 0.05) is 31.5 Å². The van der Waals surface area contributed by atoms with E-state index in [1.807, 2.05) is 0 Å². The van der Waals surface area contributed by atoms with Crippen LogP contribution in [-0.2, 0) is 14.3 Å². The number of hydrogen-bond acceptors (Lipinski definition) is 3. The summed E-state index contributed by atoms with van der Waals surface area (Å²) in [5.41, 5.74) is 0. The zero-order valence-corrected chi connectivity index (χ0v) is 18.1. The second-order valence-electron chi connectivity index (χ2n) is 9.49. The average Bonchev–Trinajstić information content (AvgIpc) is 3.21. The van der Waals surface area contributed by atoms with E-state index in [4.69, 9.17) is 16.3 Å². The molecule has 2 amide bonds. The minimum atomic E-state index is -0.274. The molecule has 6 heteroatoms. The first-order valence-corrected chi connectivity index (χ1v) is 11.7. The van der Waals surface area contributed by atoms with Crippen molar-refractivity contribution in [3.63, 3.8) is 0 Å². The van der Waals surface area contributed by atoms with E-state index in [0.717, 1.165) is 50.9 Å². The van der Waals surface area contributed by atoms with Crippen molar-refractivity contribution >= 4 is 23.4 Å². The van der Waals surface area contributed by atoms with Gasteiger partial charge in [0.2, 0.25) is 5.91 Å². The van der Waals surface area contributed by atoms with Gasteiger partial charge in [-0.05, 0) is 76.5 Å². The van der Waals surface area contributed by atoms with E-state index in [9.17, 15) is 9.59 Å². The number of alkyl halides is 1. The Balaban J connectivity index is 1.53. The summed E-state index contributed by atoms with van der Waals surface area (Å²) >= 11 is 6.33. The molecule has 0 aromatic heterocycles. The monoisotopic (exact) mass is 410 g/mol. The number of carbonyl (C=O) groups excluding carboxylic acids is 2. The van der Waals surface area contributed by atoms with Crippen molar-refractivity contribution in [2.24, 2.45) is 11.8 Å². The summed E-state index contributed by atoms with van der Waals surface area (Å²) in [5.74, 6) is 1.67. The molecule has 0 aromatic rings. The van der Waals surface area contributed by atoms with Crippen molar-refractivity contribution in [3.8, 4) is 0 Å². The fraction of sp³-hybridized carbons (Fsp3) is 0.909. The van der Waals surface area contributed by atoms with Crippen LogP contribution in [0.15, 0.2) is 0 Å². The molecule has 4 rings (SSSR count). The number of hydrogen-bond donors (Lipinski definition) is 0. The molecule has 5 atom stereocenters. The van der Waals surface area contributed by atoms with Crippen LogP contribution in [0.4, 0.5) is 0 Å². The summed E-state index contributed by atoms with van der Waals surface area (Å²) in [5, 5.41) is 0.342. The molecule has 2 saturated heterocycles. The number of piperazine rings is 1.